The number of hydrogen-bond donors (Lipinski definition) is 2. The minimum atomic E-state index is -4.39. The van der Waals surface area contributed by atoms with Gasteiger partial charge in [-0.25, -0.2) is 4.79 Å². The normalized spacial score (nSPS) is 20.4. The molecule has 0 bridgehead atoms. The first-order valence-corrected chi connectivity index (χ1v) is 8.99. The summed E-state index contributed by atoms with van der Waals surface area (Å²) in [4.78, 5) is 23.9. The third kappa shape index (κ3) is 7.03. The Hall–Kier alpha value is -2.29. The highest BCUT2D eigenvalue weighted by Crippen LogP contribution is 2.29. The van der Waals surface area contributed by atoms with E-state index in [-0.39, 0.29) is 25.1 Å². The van der Waals surface area contributed by atoms with Crippen molar-refractivity contribution in [3.05, 3.63) is 35.4 Å². The second-order valence-corrected chi connectivity index (χ2v) is 7.65. The van der Waals surface area contributed by atoms with Crippen LogP contribution in [0, 0.1) is 0 Å². The summed E-state index contributed by atoms with van der Waals surface area (Å²) in [6, 6.07) is 4.36. The number of ether oxygens (including phenoxy) is 2. The van der Waals surface area contributed by atoms with Crippen LogP contribution < -0.4 is 10.6 Å². The van der Waals surface area contributed by atoms with Gasteiger partial charge in [0, 0.05) is 6.54 Å². The molecule has 0 aliphatic carbocycles. The number of alkyl carbamates (subject to hydrolysis) is 1. The number of amides is 2. The molecule has 2 rings (SSSR count). The number of rotatable bonds is 4. The first-order chi connectivity index (χ1) is 12.9. The molecule has 1 fully saturated rings. The maximum absolute atomic E-state index is 12.5. The molecule has 0 unspecified atom stereocenters. The van der Waals surface area contributed by atoms with Crippen LogP contribution in [0.5, 0.6) is 0 Å². The zero-order chi connectivity index (χ0) is 20.9. The van der Waals surface area contributed by atoms with E-state index in [2.05, 4.69) is 10.6 Å². The summed E-state index contributed by atoms with van der Waals surface area (Å²) in [5, 5.41) is 5.36. The number of alkyl halides is 3. The Balaban J connectivity index is 1.74. The van der Waals surface area contributed by atoms with Crippen LogP contribution in [-0.2, 0) is 27.0 Å². The van der Waals surface area contributed by atoms with E-state index in [4.69, 9.17) is 9.47 Å². The molecule has 1 aromatic carbocycles. The van der Waals surface area contributed by atoms with Gasteiger partial charge in [-0.2, -0.15) is 13.2 Å². The number of carbonyl (C=O) groups is 2. The Labute approximate surface area is 161 Å². The highest BCUT2D eigenvalue weighted by molar-refractivity contribution is 5.80. The SMILES string of the molecule is CC(C)(C)OC(=O)N[C@@H]1CC[C@@H](C(=O)NCc2ccc(C(F)(F)F)cc2)OC1. The lowest BCUT2D eigenvalue weighted by Crippen LogP contribution is -2.48. The number of hydrogen-bond acceptors (Lipinski definition) is 4. The van der Waals surface area contributed by atoms with E-state index in [1.807, 2.05) is 0 Å². The summed E-state index contributed by atoms with van der Waals surface area (Å²) < 4.78 is 48.3. The third-order valence-electron chi connectivity index (χ3n) is 4.04. The third-order valence-corrected chi connectivity index (χ3v) is 4.04. The molecule has 1 aliphatic heterocycles. The molecule has 0 radical (unpaired) electrons. The van der Waals surface area contributed by atoms with E-state index in [1.165, 1.54) is 12.1 Å². The predicted octanol–water partition coefficient (Wildman–Crippen LogP) is 3.39. The van der Waals surface area contributed by atoms with Crippen molar-refractivity contribution in [3.8, 4) is 0 Å². The molecule has 1 aromatic rings. The van der Waals surface area contributed by atoms with Crippen LogP contribution in [0.15, 0.2) is 24.3 Å². The lowest BCUT2D eigenvalue weighted by atomic mass is 10.0. The number of carbonyl (C=O) groups excluding carboxylic acids is 2. The molecule has 28 heavy (non-hydrogen) atoms. The van der Waals surface area contributed by atoms with E-state index in [9.17, 15) is 22.8 Å². The van der Waals surface area contributed by atoms with Gasteiger partial charge in [0.25, 0.3) is 0 Å². The van der Waals surface area contributed by atoms with Crippen LogP contribution >= 0.6 is 0 Å². The van der Waals surface area contributed by atoms with Crippen molar-refractivity contribution < 1.29 is 32.2 Å². The number of nitrogens with one attached hydrogen (secondary N) is 2. The lowest BCUT2D eigenvalue weighted by Gasteiger charge is -2.29. The van der Waals surface area contributed by atoms with Crippen LogP contribution in [0.25, 0.3) is 0 Å². The molecule has 1 heterocycles. The summed E-state index contributed by atoms with van der Waals surface area (Å²) in [6.45, 7) is 5.58. The van der Waals surface area contributed by atoms with E-state index in [0.717, 1.165) is 12.1 Å². The summed E-state index contributed by atoms with van der Waals surface area (Å²) in [6.07, 6.45) is -4.61. The topological polar surface area (TPSA) is 76.7 Å². The molecule has 1 saturated heterocycles. The van der Waals surface area contributed by atoms with Gasteiger partial charge in [-0.05, 0) is 51.3 Å². The van der Waals surface area contributed by atoms with E-state index in [0.29, 0.717) is 18.4 Å². The fourth-order valence-corrected chi connectivity index (χ4v) is 2.66. The van der Waals surface area contributed by atoms with Gasteiger partial charge in [0.2, 0.25) is 5.91 Å². The minimum Gasteiger partial charge on any atom is -0.444 e. The average molecular weight is 402 g/mol. The molecule has 0 aromatic heterocycles. The minimum absolute atomic E-state index is 0.108. The van der Waals surface area contributed by atoms with Crippen molar-refractivity contribution in [2.24, 2.45) is 0 Å². The zero-order valence-corrected chi connectivity index (χ0v) is 16.1. The van der Waals surface area contributed by atoms with Gasteiger partial charge in [-0.3, -0.25) is 4.79 Å². The molecule has 156 valence electrons. The Morgan fingerprint density at radius 2 is 1.79 bits per heavy atom. The van der Waals surface area contributed by atoms with Crippen molar-refractivity contribution >= 4 is 12.0 Å². The summed E-state index contributed by atoms with van der Waals surface area (Å²) in [7, 11) is 0. The maximum Gasteiger partial charge on any atom is 0.416 e. The summed E-state index contributed by atoms with van der Waals surface area (Å²) in [5.74, 6) is -0.337. The van der Waals surface area contributed by atoms with Crippen molar-refractivity contribution in [2.75, 3.05) is 6.61 Å². The molecule has 2 amide bonds. The van der Waals surface area contributed by atoms with Crippen molar-refractivity contribution in [1.29, 1.82) is 0 Å². The quantitative estimate of drug-likeness (QED) is 0.810. The van der Waals surface area contributed by atoms with E-state index < -0.39 is 29.5 Å². The molecule has 9 heteroatoms. The van der Waals surface area contributed by atoms with Crippen LogP contribution in [0.2, 0.25) is 0 Å². The van der Waals surface area contributed by atoms with Crippen molar-refractivity contribution in [3.63, 3.8) is 0 Å². The maximum atomic E-state index is 12.5. The van der Waals surface area contributed by atoms with E-state index in [1.54, 1.807) is 20.8 Å². The molecule has 6 nitrogen and oxygen atoms in total. The van der Waals surface area contributed by atoms with Gasteiger partial charge < -0.3 is 20.1 Å². The fraction of sp³-hybridized carbons (Fsp3) is 0.579. The van der Waals surface area contributed by atoms with Gasteiger partial charge in [0.1, 0.15) is 11.7 Å². The van der Waals surface area contributed by atoms with Crippen molar-refractivity contribution in [2.45, 2.75) is 64.1 Å². The molecule has 2 atom stereocenters. The zero-order valence-electron chi connectivity index (χ0n) is 16.1. The highest BCUT2D eigenvalue weighted by Gasteiger charge is 2.30. The second kappa shape index (κ2) is 8.81. The fourth-order valence-electron chi connectivity index (χ4n) is 2.66. The van der Waals surface area contributed by atoms with Gasteiger partial charge in [-0.15, -0.1) is 0 Å². The summed E-state index contributed by atoms with van der Waals surface area (Å²) in [5.41, 5.74) is -0.774. The Morgan fingerprint density at radius 1 is 1.14 bits per heavy atom. The highest BCUT2D eigenvalue weighted by atomic mass is 19.4. The van der Waals surface area contributed by atoms with Crippen molar-refractivity contribution in [1.82, 2.24) is 10.6 Å². The monoisotopic (exact) mass is 402 g/mol. The molecule has 0 spiro atoms. The first-order valence-electron chi connectivity index (χ1n) is 8.99. The van der Waals surface area contributed by atoms with Crippen LogP contribution in [0.3, 0.4) is 0 Å². The van der Waals surface area contributed by atoms with Crippen LogP contribution in [0.4, 0.5) is 18.0 Å². The van der Waals surface area contributed by atoms with Crippen LogP contribution in [0.1, 0.15) is 44.7 Å². The van der Waals surface area contributed by atoms with Gasteiger partial charge >= 0.3 is 12.3 Å². The average Bonchev–Trinajstić information content (AvgIpc) is 2.58. The first kappa shape index (κ1) is 22.0. The van der Waals surface area contributed by atoms with Gasteiger partial charge in [-0.1, -0.05) is 12.1 Å². The summed E-state index contributed by atoms with van der Waals surface area (Å²) >= 11 is 0. The Bertz CT molecular complexity index is 676. The Kier molecular flexibility index (Phi) is 6.92. The number of halogens is 3. The lowest BCUT2D eigenvalue weighted by molar-refractivity contribution is -0.138. The number of benzene rings is 1. The Morgan fingerprint density at radius 3 is 2.29 bits per heavy atom. The van der Waals surface area contributed by atoms with Gasteiger partial charge in [0.05, 0.1) is 18.2 Å². The largest absolute Gasteiger partial charge is 0.444 e. The molecular weight excluding hydrogens is 377 g/mol. The predicted molar refractivity (Wildman–Crippen MR) is 95.4 cm³/mol. The second-order valence-electron chi connectivity index (χ2n) is 7.65. The van der Waals surface area contributed by atoms with Gasteiger partial charge in [0.15, 0.2) is 0 Å². The molecular formula is C19H25F3N2O4. The molecule has 2 N–H and O–H groups in total. The smallest absolute Gasteiger partial charge is 0.416 e. The van der Waals surface area contributed by atoms with Crippen LogP contribution in [-0.4, -0.2) is 36.4 Å². The standard InChI is InChI=1S/C19H25F3N2O4/c1-18(2,3)28-17(26)24-14-8-9-15(27-11-14)16(25)23-10-12-4-6-13(7-5-12)19(20,21)22/h4-7,14-15H,8-11H2,1-3H3,(H,23,25)(H,24,26)/t14-,15+/m1/s1. The van der Waals surface area contributed by atoms with E-state index >= 15 is 0 Å². The molecule has 0 saturated carbocycles. The molecule has 1 aliphatic rings.